The van der Waals surface area contributed by atoms with E-state index in [0.29, 0.717) is 0 Å². The van der Waals surface area contributed by atoms with E-state index in [2.05, 4.69) is 4.74 Å². The second-order valence-electron chi connectivity index (χ2n) is 3.72. The van der Waals surface area contributed by atoms with Crippen LogP contribution in [0.25, 0.3) is 0 Å². The van der Waals surface area contributed by atoms with Crippen LogP contribution in [0, 0.1) is 5.92 Å². The Bertz CT molecular complexity index is 160. The standard InChI is InChI=1S/C10H18O3/c1-13-10(12)9(11)8-6-4-2-3-5-7-8/h8-9,11H,2-7H2,1H3. The number of hydrogen-bond acceptors (Lipinski definition) is 3. The second kappa shape index (κ2) is 5.22. The Morgan fingerprint density at radius 2 is 1.85 bits per heavy atom. The van der Waals surface area contributed by atoms with Gasteiger partial charge in [0.15, 0.2) is 6.10 Å². The number of hydrogen-bond donors (Lipinski definition) is 1. The van der Waals surface area contributed by atoms with Crippen molar-refractivity contribution < 1.29 is 14.6 Å². The van der Waals surface area contributed by atoms with Gasteiger partial charge in [-0.3, -0.25) is 0 Å². The van der Waals surface area contributed by atoms with Gasteiger partial charge in [-0.15, -0.1) is 0 Å². The van der Waals surface area contributed by atoms with Crippen LogP contribution in [0.1, 0.15) is 38.5 Å². The first-order valence-corrected chi connectivity index (χ1v) is 5.01. The van der Waals surface area contributed by atoms with Crippen molar-refractivity contribution in [1.29, 1.82) is 0 Å². The lowest BCUT2D eigenvalue weighted by atomic mass is 9.94. The van der Waals surface area contributed by atoms with Crippen LogP contribution in [0.3, 0.4) is 0 Å². The van der Waals surface area contributed by atoms with E-state index in [1.807, 2.05) is 0 Å². The minimum absolute atomic E-state index is 0.120. The maximum atomic E-state index is 11.1. The van der Waals surface area contributed by atoms with Gasteiger partial charge in [-0.25, -0.2) is 4.79 Å². The molecule has 1 rings (SSSR count). The third-order valence-corrected chi connectivity index (χ3v) is 2.79. The van der Waals surface area contributed by atoms with Gasteiger partial charge in [0, 0.05) is 0 Å². The molecule has 1 atom stereocenters. The number of aliphatic hydroxyl groups excluding tert-OH is 1. The van der Waals surface area contributed by atoms with Crippen LogP contribution in [0.2, 0.25) is 0 Å². The third-order valence-electron chi connectivity index (χ3n) is 2.79. The van der Waals surface area contributed by atoms with E-state index < -0.39 is 12.1 Å². The Morgan fingerprint density at radius 3 is 2.31 bits per heavy atom. The number of rotatable bonds is 2. The van der Waals surface area contributed by atoms with E-state index >= 15 is 0 Å². The van der Waals surface area contributed by atoms with Gasteiger partial charge in [0.1, 0.15) is 0 Å². The summed E-state index contributed by atoms with van der Waals surface area (Å²) < 4.78 is 4.52. The highest BCUT2D eigenvalue weighted by molar-refractivity contribution is 5.74. The number of methoxy groups -OCH3 is 1. The van der Waals surface area contributed by atoms with Crippen molar-refractivity contribution in [3.8, 4) is 0 Å². The molecule has 0 heterocycles. The van der Waals surface area contributed by atoms with Gasteiger partial charge in [-0.2, -0.15) is 0 Å². The predicted molar refractivity (Wildman–Crippen MR) is 49.2 cm³/mol. The zero-order valence-corrected chi connectivity index (χ0v) is 8.16. The molecule has 13 heavy (non-hydrogen) atoms. The molecule has 0 aromatic heterocycles. The van der Waals surface area contributed by atoms with E-state index in [1.54, 1.807) is 0 Å². The van der Waals surface area contributed by atoms with Crippen molar-refractivity contribution in [2.45, 2.75) is 44.6 Å². The van der Waals surface area contributed by atoms with Gasteiger partial charge in [-0.1, -0.05) is 25.7 Å². The van der Waals surface area contributed by atoms with Gasteiger partial charge >= 0.3 is 5.97 Å². The quantitative estimate of drug-likeness (QED) is 0.525. The molecule has 1 aliphatic rings. The average molecular weight is 186 g/mol. The van der Waals surface area contributed by atoms with Crippen LogP contribution in [0.4, 0.5) is 0 Å². The molecular formula is C10H18O3. The summed E-state index contributed by atoms with van der Waals surface area (Å²) in [6, 6.07) is 0. The minimum atomic E-state index is -0.900. The van der Waals surface area contributed by atoms with E-state index in [0.717, 1.165) is 25.7 Å². The van der Waals surface area contributed by atoms with Crippen LogP contribution < -0.4 is 0 Å². The molecule has 0 spiro atoms. The molecule has 1 N–H and O–H groups in total. The monoisotopic (exact) mass is 186 g/mol. The van der Waals surface area contributed by atoms with Crippen molar-refractivity contribution in [1.82, 2.24) is 0 Å². The lowest BCUT2D eigenvalue weighted by Gasteiger charge is -2.18. The molecule has 1 fully saturated rings. The molecule has 0 bridgehead atoms. The summed E-state index contributed by atoms with van der Waals surface area (Å²) in [5.74, 6) is -0.359. The van der Waals surface area contributed by atoms with Gasteiger partial charge in [0.25, 0.3) is 0 Å². The summed E-state index contributed by atoms with van der Waals surface area (Å²) in [5.41, 5.74) is 0. The lowest BCUT2D eigenvalue weighted by Crippen LogP contribution is -2.30. The Balaban J connectivity index is 2.43. The van der Waals surface area contributed by atoms with Crippen LogP contribution in [-0.2, 0) is 9.53 Å². The van der Waals surface area contributed by atoms with Gasteiger partial charge < -0.3 is 9.84 Å². The van der Waals surface area contributed by atoms with Crippen molar-refractivity contribution in [2.75, 3.05) is 7.11 Å². The third kappa shape index (κ3) is 2.99. The Labute approximate surface area is 79.1 Å². The average Bonchev–Trinajstić information content (AvgIpc) is 2.43. The predicted octanol–water partition coefficient (Wildman–Crippen LogP) is 1.49. The molecule has 0 aromatic rings. The summed E-state index contributed by atoms with van der Waals surface area (Å²) in [5, 5.41) is 9.59. The van der Waals surface area contributed by atoms with Crippen LogP contribution in [0.15, 0.2) is 0 Å². The molecule has 3 nitrogen and oxygen atoms in total. The number of carbonyl (C=O) groups excluding carboxylic acids is 1. The summed E-state index contributed by atoms with van der Waals surface area (Å²) >= 11 is 0. The highest BCUT2D eigenvalue weighted by Crippen LogP contribution is 2.25. The SMILES string of the molecule is COC(=O)C(O)C1CCCCCC1. The summed E-state index contributed by atoms with van der Waals surface area (Å²) in [6.45, 7) is 0. The van der Waals surface area contributed by atoms with Gasteiger partial charge in [0.05, 0.1) is 7.11 Å². The number of carbonyl (C=O) groups is 1. The highest BCUT2D eigenvalue weighted by Gasteiger charge is 2.26. The largest absolute Gasteiger partial charge is 0.467 e. The zero-order chi connectivity index (χ0) is 9.68. The van der Waals surface area contributed by atoms with E-state index in [9.17, 15) is 9.90 Å². The molecule has 1 saturated carbocycles. The minimum Gasteiger partial charge on any atom is -0.467 e. The fourth-order valence-corrected chi connectivity index (χ4v) is 1.94. The molecule has 1 unspecified atom stereocenters. The summed E-state index contributed by atoms with van der Waals surface area (Å²) in [6.07, 6.45) is 5.71. The number of esters is 1. The summed E-state index contributed by atoms with van der Waals surface area (Å²) in [7, 11) is 1.32. The first kappa shape index (κ1) is 10.5. The lowest BCUT2D eigenvalue weighted by molar-refractivity contribution is -0.153. The van der Waals surface area contributed by atoms with E-state index in [-0.39, 0.29) is 5.92 Å². The van der Waals surface area contributed by atoms with Crippen LogP contribution in [0.5, 0.6) is 0 Å². The molecule has 0 aromatic carbocycles. The highest BCUT2D eigenvalue weighted by atomic mass is 16.5. The van der Waals surface area contributed by atoms with Gasteiger partial charge in [0.2, 0.25) is 0 Å². The van der Waals surface area contributed by atoms with Gasteiger partial charge in [-0.05, 0) is 18.8 Å². The molecule has 0 amide bonds. The maximum absolute atomic E-state index is 11.1. The van der Waals surface area contributed by atoms with Crippen LogP contribution in [-0.4, -0.2) is 24.3 Å². The first-order valence-electron chi connectivity index (χ1n) is 5.01. The Kier molecular flexibility index (Phi) is 4.22. The molecule has 0 saturated heterocycles. The number of ether oxygens (including phenoxy) is 1. The molecule has 0 radical (unpaired) electrons. The zero-order valence-electron chi connectivity index (χ0n) is 8.16. The maximum Gasteiger partial charge on any atom is 0.334 e. The molecule has 1 aliphatic carbocycles. The van der Waals surface area contributed by atoms with E-state index in [4.69, 9.17) is 0 Å². The second-order valence-corrected chi connectivity index (χ2v) is 3.72. The van der Waals surface area contributed by atoms with E-state index in [1.165, 1.54) is 20.0 Å². The topological polar surface area (TPSA) is 46.5 Å². The molecule has 3 heteroatoms. The van der Waals surface area contributed by atoms with Crippen molar-refractivity contribution >= 4 is 5.97 Å². The molecule has 76 valence electrons. The van der Waals surface area contributed by atoms with Crippen LogP contribution >= 0.6 is 0 Å². The fraction of sp³-hybridized carbons (Fsp3) is 0.900. The van der Waals surface area contributed by atoms with Crippen molar-refractivity contribution in [2.24, 2.45) is 5.92 Å². The molecule has 0 aliphatic heterocycles. The smallest absolute Gasteiger partial charge is 0.334 e. The van der Waals surface area contributed by atoms with Crippen molar-refractivity contribution in [3.05, 3.63) is 0 Å². The fourth-order valence-electron chi connectivity index (χ4n) is 1.94. The van der Waals surface area contributed by atoms with Crippen molar-refractivity contribution in [3.63, 3.8) is 0 Å². The molecular weight excluding hydrogens is 168 g/mol. The Hall–Kier alpha value is -0.570. The first-order chi connectivity index (χ1) is 6.25. The number of aliphatic hydroxyl groups is 1. The Morgan fingerprint density at radius 1 is 1.31 bits per heavy atom. The normalized spacial score (nSPS) is 22.0. The summed E-state index contributed by atoms with van der Waals surface area (Å²) in [4.78, 5) is 11.1.